The summed E-state index contributed by atoms with van der Waals surface area (Å²) in [7, 11) is 5.02. The Morgan fingerprint density at radius 1 is 1.18 bits per heavy atom. The zero-order chi connectivity index (χ0) is 32.7. The van der Waals surface area contributed by atoms with Gasteiger partial charge >= 0.3 is 0 Å². The van der Waals surface area contributed by atoms with E-state index >= 15 is 0 Å². The number of rotatable bonds is 7. The first-order chi connectivity index (χ1) is 21.6. The molecule has 2 aliphatic rings. The van der Waals surface area contributed by atoms with Crippen molar-refractivity contribution >= 4 is 47.0 Å². The van der Waals surface area contributed by atoms with Crippen LogP contribution in [-0.4, -0.2) is 102 Å². The molecule has 1 atom stereocenters. The Kier molecular flexibility index (Phi) is 11.9. The number of nitrogens with zero attached hydrogens (tertiary/aromatic N) is 4. The SMILES string of the molecule is CN1CCN[C@@H](CO)C1.COc1ccc(-c2cnc(C(=O)Nc3ccc(C(=O)N4CCC(C=O)CC4)c(Cl)c3)n2C)c(Cl)c1F. The van der Waals surface area contributed by atoms with Gasteiger partial charge in [-0.15, -0.1) is 0 Å². The summed E-state index contributed by atoms with van der Waals surface area (Å²) in [4.78, 5) is 44.7. The van der Waals surface area contributed by atoms with Crippen LogP contribution in [0.15, 0.2) is 36.5 Å². The van der Waals surface area contributed by atoms with E-state index in [0.717, 1.165) is 25.9 Å². The lowest BCUT2D eigenvalue weighted by Crippen LogP contribution is -2.50. The number of aliphatic hydroxyl groups excluding tert-OH is 1. The van der Waals surface area contributed by atoms with E-state index in [4.69, 9.17) is 33.0 Å². The molecule has 0 aliphatic carbocycles. The van der Waals surface area contributed by atoms with Gasteiger partial charge in [-0.1, -0.05) is 23.2 Å². The number of imidazole rings is 1. The summed E-state index contributed by atoms with van der Waals surface area (Å²) in [5.74, 6) is -1.41. The number of likely N-dealkylation sites (N-methyl/N-ethyl adjacent to an activating group) is 1. The normalized spacial score (nSPS) is 17.3. The molecule has 0 radical (unpaired) electrons. The highest BCUT2D eigenvalue weighted by Gasteiger charge is 2.25. The maximum Gasteiger partial charge on any atom is 0.291 e. The van der Waals surface area contributed by atoms with Gasteiger partial charge in [0.15, 0.2) is 17.4 Å². The van der Waals surface area contributed by atoms with E-state index < -0.39 is 11.7 Å². The average Bonchev–Trinajstić information content (AvgIpc) is 3.43. The highest BCUT2D eigenvalue weighted by Crippen LogP contribution is 2.35. The van der Waals surface area contributed by atoms with E-state index in [-0.39, 0.29) is 40.1 Å². The van der Waals surface area contributed by atoms with Crippen LogP contribution in [0.1, 0.15) is 33.8 Å². The number of aliphatic hydroxyl groups is 1. The number of piperidine rings is 1. The molecule has 2 fully saturated rings. The number of methoxy groups -OCH3 is 1. The molecule has 3 N–H and O–H groups in total. The maximum absolute atomic E-state index is 14.4. The molecule has 2 aliphatic heterocycles. The van der Waals surface area contributed by atoms with Crippen LogP contribution in [0.4, 0.5) is 10.1 Å². The van der Waals surface area contributed by atoms with Gasteiger partial charge in [0.25, 0.3) is 11.8 Å². The number of aromatic nitrogens is 2. The number of hydrogen-bond acceptors (Lipinski definition) is 8. The quantitative estimate of drug-likeness (QED) is 0.327. The molecule has 0 spiro atoms. The Labute approximate surface area is 271 Å². The molecule has 45 heavy (non-hydrogen) atoms. The van der Waals surface area contributed by atoms with Crippen LogP contribution >= 0.6 is 23.2 Å². The topological polar surface area (TPSA) is 129 Å². The van der Waals surface area contributed by atoms with Crippen molar-refractivity contribution in [2.24, 2.45) is 13.0 Å². The van der Waals surface area contributed by atoms with Crippen LogP contribution in [0, 0.1) is 11.7 Å². The molecule has 2 saturated heterocycles. The fourth-order valence-corrected chi connectivity index (χ4v) is 5.75. The molecule has 0 saturated carbocycles. The third-order valence-corrected chi connectivity index (χ3v) is 8.57. The lowest BCUT2D eigenvalue weighted by molar-refractivity contribution is -0.112. The van der Waals surface area contributed by atoms with Gasteiger partial charge in [0.1, 0.15) is 6.29 Å². The Bertz CT molecular complexity index is 1530. The Morgan fingerprint density at radius 2 is 1.91 bits per heavy atom. The minimum Gasteiger partial charge on any atom is -0.494 e. The summed E-state index contributed by atoms with van der Waals surface area (Å²) < 4.78 is 20.8. The number of hydrogen-bond donors (Lipinski definition) is 3. The number of halogens is 3. The average molecular weight is 664 g/mol. The molecule has 3 aromatic rings. The first-order valence-electron chi connectivity index (χ1n) is 14.5. The molecule has 1 aromatic heterocycles. The Hall–Kier alpha value is -3.55. The van der Waals surface area contributed by atoms with Gasteiger partial charge < -0.3 is 39.6 Å². The van der Waals surface area contributed by atoms with Crippen LogP contribution in [0.3, 0.4) is 0 Å². The number of piperazine rings is 1. The van der Waals surface area contributed by atoms with E-state index in [9.17, 15) is 18.8 Å². The van der Waals surface area contributed by atoms with E-state index in [2.05, 4.69) is 27.6 Å². The predicted octanol–water partition coefficient (Wildman–Crippen LogP) is 3.73. The molecule has 2 amide bonds. The Balaban J connectivity index is 0.000000440. The molecule has 0 bridgehead atoms. The fraction of sp³-hybridized carbons (Fsp3) is 0.419. The second-order valence-corrected chi connectivity index (χ2v) is 11.8. The first kappa shape index (κ1) is 34.3. The number of amides is 2. The molecule has 14 heteroatoms. The van der Waals surface area contributed by atoms with Crippen molar-refractivity contribution in [3.63, 3.8) is 0 Å². The summed E-state index contributed by atoms with van der Waals surface area (Å²) in [5.41, 5.74) is 1.48. The minimum absolute atomic E-state index is 0.00753. The summed E-state index contributed by atoms with van der Waals surface area (Å²) >= 11 is 12.5. The van der Waals surface area contributed by atoms with E-state index in [1.165, 1.54) is 30.0 Å². The number of aldehydes is 1. The van der Waals surface area contributed by atoms with Crippen molar-refractivity contribution in [1.82, 2.24) is 24.7 Å². The summed E-state index contributed by atoms with van der Waals surface area (Å²) in [6.45, 7) is 4.29. The van der Waals surface area contributed by atoms with Crippen molar-refractivity contribution in [3.8, 4) is 17.0 Å². The van der Waals surface area contributed by atoms with Gasteiger partial charge in [-0.3, -0.25) is 9.59 Å². The largest absolute Gasteiger partial charge is 0.494 e. The molecule has 5 rings (SSSR count). The first-order valence-corrected chi connectivity index (χ1v) is 15.3. The molecule has 0 unspecified atom stereocenters. The Morgan fingerprint density at radius 3 is 2.51 bits per heavy atom. The number of anilines is 1. The summed E-state index contributed by atoms with van der Waals surface area (Å²) in [6.07, 6.45) is 3.60. The highest BCUT2D eigenvalue weighted by atomic mass is 35.5. The zero-order valence-corrected chi connectivity index (χ0v) is 26.9. The molecule has 242 valence electrons. The minimum atomic E-state index is -0.707. The summed E-state index contributed by atoms with van der Waals surface area (Å²) in [6, 6.07) is 7.94. The number of likely N-dealkylation sites (tertiary alicyclic amines) is 1. The van der Waals surface area contributed by atoms with Gasteiger partial charge in [-0.25, -0.2) is 9.37 Å². The molecular weight excluding hydrogens is 626 g/mol. The molecule has 3 heterocycles. The van der Waals surface area contributed by atoms with Crippen molar-refractivity contribution < 1.29 is 28.6 Å². The van der Waals surface area contributed by atoms with Crippen molar-refractivity contribution in [2.75, 3.05) is 58.8 Å². The number of carbonyl (C=O) groups excluding carboxylic acids is 3. The lowest BCUT2D eigenvalue weighted by atomic mass is 9.98. The third kappa shape index (κ3) is 8.19. The predicted molar refractivity (Wildman–Crippen MR) is 171 cm³/mol. The molecular formula is C31H37Cl2FN6O5. The number of ether oxygens (including phenoxy) is 1. The highest BCUT2D eigenvalue weighted by molar-refractivity contribution is 6.34. The van der Waals surface area contributed by atoms with Gasteiger partial charge in [0, 0.05) is 63.0 Å². The monoisotopic (exact) mass is 662 g/mol. The molecule has 11 nitrogen and oxygen atoms in total. The zero-order valence-electron chi connectivity index (χ0n) is 25.4. The van der Waals surface area contributed by atoms with Crippen molar-refractivity contribution in [2.45, 2.75) is 18.9 Å². The van der Waals surface area contributed by atoms with Crippen LogP contribution in [0.25, 0.3) is 11.3 Å². The number of carbonyl (C=O) groups is 3. The molecule has 2 aromatic carbocycles. The summed E-state index contributed by atoms with van der Waals surface area (Å²) in [5, 5.41) is 14.7. The van der Waals surface area contributed by atoms with Crippen LogP contribution in [0.5, 0.6) is 5.75 Å². The van der Waals surface area contributed by atoms with E-state index in [1.807, 2.05) is 0 Å². The number of nitrogens with one attached hydrogen (secondary N) is 2. The lowest BCUT2D eigenvalue weighted by Gasteiger charge is -2.30. The van der Waals surface area contributed by atoms with Crippen LogP contribution < -0.4 is 15.4 Å². The third-order valence-electron chi connectivity index (χ3n) is 7.89. The van der Waals surface area contributed by atoms with Crippen LogP contribution in [0.2, 0.25) is 10.0 Å². The number of benzene rings is 2. The van der Waals surface area contributed by atoms with E-state index in [1.54, 1.807) is 30.1 Å². The smallest absolute Gasteiger partial charge is 0.291 e. The second kappa shape index (κ2) is 15.6. The van der Waals surface area contributed by atoms with Gasteiger partial charge in [0.05, 0.1) is 41.2 Å². The second-order valence-electron chi connectivity index (χ2n) is 11.0. The van der Waals surface area contributed by atoms with Crippen molar-refractivity contribution in [1.29, 1.82) is 0 Å². The van der Waals surface area contributed by atoms with Crippen molar-refractivity contribution in [3.05, 3.63) is 63.8 Å². The van der Waals surface area contributed by atoms with Gasteiger partial charge in [0.2, 0.25) is 0 Å². The van der Waals surface area contributed by atoms with Gasteiger partial charge in [-0.05, 0) is 50.2 Å². The van der Waals surface area contributed by atoms with Crippen LogP contribution in [-0.2, 0) is 11.8 Å². The van der Waals surface area contributed by atoms with Gasteiger partial charge in [-0.2, -0.15) is 0 Å². The maximum atomic E-state index is 14.4. The standard InChI is InChI=1S/C25H23Cl2FN4O4.C6H14N2O/c1-31-19(17-5-6-20(36-2)22(28)21(17)27)12-29-23(31)24(34)30-15-3-4-16(18(26)11-15)25(35)32-9-7-14(13-33)8-10-32;1-8-3-2-7-6(4-8)5-9/h3-6,11-14H,7-10H2,1-2H3,(H,30,34);6-7,9H,2-5H2,1H3/t;6-/m.1/s1. The fourth-order valence-electron chi connectivity index (χ4n) is 5.23. The van der Waals surface area contributed by atoms with E-state index in [0.29, 0.717) is 54.5 Å².